The van der Waals surface area contributed by atoms with Gasteiger partial charge in [-0.15, -0.1) is 0 Å². The maximum absolute atomic E-state index is 6.62. The summed E-state index contributed by atoms with van der Waals surface area (Å²) in [6.07, 6.45) is 2.62. The van der Waals surface area contributed by atoms with Gasteiger partial charge in [0.15, 0.2) is 0 Å². The summed E-state index contributed by atoms with van der Waals surface area (Å²) in [4.78, 5) is 0. The van der Waals surface area contributed by atoms with E-state index in [0.29, 0.717) is 0 Å². The molecule has 0 aliphatic heterocycles. The van der Waals surface area contributed by atoms with Crippen LogP contribution >= 0.6 is 0 Å². The van der Waals surface area contributed by atoms with Crippen LogP contribution in [0.15, 0.2) is 25.7 Å². The number of rotatable bonds is 2. The molecular weight excluding hydrogens is 112 g/mol. The molecule has 0 radical (unpaired) electrons. The smallest absolute Gasteiger partial charge is 0.0829 e. The van der Waals surface area contributed by atoms with Gasteiger partial charge in [-0.25, -0.2) is 10.5 Å². The maximum atomic E-state index is 6.62. The Morgan fingerprint density at radius 3 is 1.38 bits per heavy atom. The maximum Gasteiger partial charge on any atom is 0.0829 e. The molecule has 0 saturated carbocycles. The first-order valence-electron chi connectivity index (χ1n) is 1.65. The third kappa shape index (κ3) is 66.4. The molecule has 0 saturated heterocycles. The molecule has 0 amide bonds. The lowest BCUT2D eigenvalue weighted by Crippen LogP contribution is -1.60. The van der Waals surface area contributed by atoms with Crippen LogP contribution in [-0.4, -0.2) is 10.5 Å². The van der Waals surface area contributed by atoms with Crippen LogP contribution in [0.1, 0.15) is 0 Å². The summed E-state index contributed by atoms with van der Waals surface area (Å²) in [6.45, 7) is 6.51. The first kappa shape index (κ1) is 10.2. The lowest BCUT2D eigenvalue weighted by Gasteiger charge is -1.76. The van der Waals surface area contributed by atoms with Gasteiger partial charge < -0.3 is 4.74 Å². The molecule has 48 valence electrons. The fourth-order valence-corrected chi connectivity index (χ4v) is 0.0680. The fraction of sp³-hybridized carbons (Fsp3) is 0. The zero-order valence-electron chi connectivity index (χ0n) is 4.28. The average molecular weight is 120 g/mol. The SMILES string of the molecule is C=COC=C.OOO. The first-order valence-corrected chi connectivity index (χ1v) is 1.65. The van der Waals surface area contributed by atoms with Crippen molar-refractivity contribution in [2.45, 2.75) is 0 Å². The van der Waals surface area contributed by atoms with Gasteiger partial charge in [-0.3, -0.25) is 0 Å². The highest BCUT2D eigenvalue weighted by Gasteiger charge is 1.45. The van der Waals surface area contributed by atoms with Gasteiger partial charge in [0.05, 0.1) is 12.5 Å². The van der Waals surface area contributed by atoms with Gasteiger partial charge >= 0.3 is 0 Å². The molecule has 0 unspecified atom stereocenters. The second-order valence-corrected chi connectivity index (χ2v) is 0.551. The van der Waals surface area contributed by atoms with Crippen molar-refractivity contribution in [3.05, 3.63) is 25.7 Å². The predicted octanol–water partition coefficient (Wildman–Crippen LogP) is 1.24. The first-order chi connectivity index (χ1) is 3.83. The van der Waals surface area contributed by atoms with Crippen LogP contribution in [0.5, 0.6) is 0 Å². The molecular formula is C4H8O4. The molecule has 4 heteroatoms. The summed E-state index contributed by atoms with van der Waals surface area (Å²) in [7, 11) is 0. The molecule has 8 heavy (non-hydrogen) atoms. The average Bonchev–Trinajstić information content (AvgIpc) is 1.71. The van der Waals surface area contributed by atoms with Gasteiger partial charge in [0, 0.05) is 0 Å². The Bertz CT molecular complexity index is 46.0. The van der Waals surface area contributed by atoms with Crippen molar-refractivity contribution in [3.63, 3.8) is 0 Å². The molecule has 0 aromatic rings. The van der Waals surface area contributed by atoms with Crippen molar-refractivity contribution in [1.82, 2.24) is 0 Å². The largest absolute Gasteiger partial charge is 0.474 e. The van der Waals surface area contributed by atoms with Crippen LogP contribution in [0.4, 0.5) is 0 Å². The fourth-order valence-electron chi connectivity index (χ4n) is 0.0680. The van der Waals surface area contributed by atoms with Gasteiger partial charge in [0.1, 0.15) is 0 Å². The molecule has 0 atom stereocenters. The topological polar surface area (TPSA) is 58.9 Å². The van der Waals surface area contributed by atoms with Crippen molar-refractivity contribution < 1.29 is 20.3 Å². The molecule has 0 fully saturated rings. The summed E-state index contributed by atoms with van der Waals surface area (Å²) in [5.74, 6) is 0. The van der Waals surface area contributed by atoms with Crippen molar-refractivity contribution in [3.8, 4) is 0 Å². The minimum absolute atomic E-state index is 1.31. The van der Waals surface area contributed by atoms with Crippen molar-refractivity contribution >= 4 is 0 Å². The highest BCUT2D eigenvalue weighted by molar-refractivity contribution is 4.57. The molecule has 0 aliphatic carbocycles. The number of ether oxygens (including phenoxy) is 1. The second kappa shape index (κ2) is 16.4. The lowest BCUT2D eigenvalue weighted by molar-refractivity contribution is -0.465. The molecule has 0 aromatic heterocycles. The van der Waals surface area contributed by atoms with E-state index in [1.165, 1.54) is 12.5 Å². The standard InChI is InChI=1S/C4H6O.H2O3/c1-3-5-4-2;1-3-2/h3-4H,1-2H2;1-2H. The Labute approximate surface area is 47.1 Å². The summed E-state index contributed by atoms with van der Waals surface area (Å²) < 4.78 is 4.36. The molecule has 0 aliphatic rings. The molecule has 2 N–H and O–H groups in total. The van der Waals surface area contributed by atoms with Crippen LogP contribution in [0.3, 0.4) is 0 Å². The Morgan fingerprint density at radius 1 is 1.12 bits per heavy atom. The highest BCUT2D eigenvalue weighted by atomic mass is 17.4. The van der Waals surface area contributed by atoms with E-state index in [2.05, 4.69) is 22.9 Å². The minimum Gasteiger partial charge on any atom is -0.474 e. The summed E-state index contributed by atoms with van der Waals surface area (Å²) in [5.41, 5.74) is 0. The third-order valence-electron chi connectivity index (χ3n) is 0.192. The normalized spacial score (nSPS) is 5.75. The highest BCUT2D eigenvalue weighted by Crippen LogP contribution is 1.65. The Hall–Kier alpha value is -0.840. The van der Waals surface area contributed by atoms with Gasteiger partial charge in [-0.1, -0.05) is 18.2 Å². The minimum atomic E-state index is 1.31. The summed E-state index contributed by atoms with van der Waals surface area (Å²) in [5, 5.41) is 15.5. The molecule has 0 aromatic carbocycles. The van der Waals surface area contributed by atoms with Gasteiger partial charge in [-0.05, 0) is 0 Å². The van der Waals surface area contributed by atoms with Crippen LogP contribution < -0.4 is 0 Å². The molecule has 0 bridgehead atoms. The van der Waals surface area contributed by atoms with Gasteiger partial charge in [-0.2, -0.15) is 0 Å². The van der Waals surface area contributed by atoms with Crippen LogP contribution in [0, 0.1) is 0 Å². The van der Waals surface area contributed by atoms with Crippen LogP contribution in [0.2, 0.25) is 0 Å². The number of hydrogen-bond acceptors (Lipinski definition) is 4. The zero-order valence-corrected chi connectivity index (χ0v) is 4.28. The van der Waals surface area contributed by atoms with E-state index in [4.69, 9.17) is 10.5 Å². The number of hydrogen-bond donors (Lipinski definition) is 2. The monoisotopic (exact) mass is 120 g/mol. The van der Waals surface area contributed by atoms with E-state index in [1.807, 2.05) is 0 Å². The van der Waals surface area contributed by atoms with Gasteiger partial charge in [0.2, 0.25) is 0 Å². The Balaban J connectivity index is 0. The molecule has 0 rings (SSSR count). The van der Waals surface area contributed by atoms with Crippen molar-refractivity contribution in [2.75, 3.05) is 0 Å². The Kier molecular flexibility index (Phi) is 21.0. The van der Waals surface area contributed by atoms with Crippen molar-refractivity contribution in [2.24, 2.45) is 0 Å². The van der Waals surface area contributed by atoms with E-state index in [-0.39, 0.29) is 0 Å². The summed E-state index contributed by atoms with van der Waals surface area (Å²) in [6, 6.07) is 0. The van der Waals surface area contributed by atoms with Crippen molar-refractivity contribution in [1.29, 1.82) is 0 Å². The molecule has 0 heterocycles. The predicted molar refractivity (Wildman–Crippen MR) is 27.8 cm³/mol. The van der Waals surface area contributed by atoms with E-state index in [9.17, 15) is 0 Å². The third-order valence-corrected chi connectivity index (χ3v) is 0.192. The molecule has 0 spiro atoms. The second-order valence-electron chi connectivity index (χ2n) is 0.551. The van der Waals surface area contributed by atoms with E-state index < -0.39 is 0 Å². The van der Waals surface area contributed by atoms with Crippen LogP contribution in [0.25, 0.3) is 0 Å². The van der Waals surface area contributed by atoms with Gasteiger partial charge in [0.25, 0.3) is 0 Å². The van der Waals surface area contributed by atoms with E-state index >= 15 is 0 Å². The quantitative estimate of drug-likeness (QED) is 0.327. The summed E-state index contributed by atoms with van der Waals surface area (Å²) >= 11 is 0. The zero-order chi connectivity index (χ0) is 6.83. The van der Waals surface area contributed by atoms with E-state index in [0.717, 1.165) is 0 Å². The molecule has 4 nitrogen and oxygen atoms in total. The Morgan fingerprint density at radius 2 is 1.38 bits per heavy atom. The van der Waals surface area contributed by atoms with Crippen LogP contribution in [-0.2, 0) is 9.78 Å². The lowest BCUT2D eigenvalue weighted by atomic mass is 11.1. The van der Waals surface area contributed by atoms with E-state index in [1.54, 1.807) is 0 Å².